The van der Waals surface area contributed by atoms with Crippen molar-refractivity contribution >= 4 is 17.5 Å². The van der Waals surface area contributed by atoms with Gasteiger partial charge in [0.05, 0.1) is 5.02 Å². The molecule has 20 heavy (non-hydrogen) atoms. The highest BCUT2D eigenvalue weighted by atomic mass is 35.5. The molecule has 3 nitrogen and oxygen atoms in total. The van der Waals surface area contributed by atoms with E-state index in [-0.39, 0.29) is 12.5 Å². The molecule has 1 amide bonds. The molecule has 110 valence electrons. The van der Waals surface area contributed by atoms with E-state index in [1.807, 2.05) is 24.0 Å². The van der Waals surface area contributed by atoms with Crippen LogP contribution >= 0.6 is 11.6 Å². The van der Waals surface area contributed by atoms with Crippen LogP contribution in [0.4, 0.5) is 0 Å². The van der Waals surface area contributed by atoms with Crippen LogP contribution < -0.4 is 4.74 Å². The van der Waals surface area contributed by atoms with Gasteiger partial charge in [-0.1, -0.05) is 24.6 Å². The molecule has 1 aromatic rings. The second-order valence-electron chi connectivity index (χ2n) is 5.37. The maximum Gasteiger partial charge on any atom is 0.260 e. The summed E-state index contributed by atoms with van der Waals surface area (Å²) in [4.78, 5) is 14.3. The zero-order valence-electron chi connectivity index (χ0n) is 12.2. The zero-order chi connectivity index (χ0) is 14.5. The van der Waals surface area contributed by atoms with E-state index < -0.39 is 0 Å². The van der Waals surface area contributed by atoms with Crippen molar-refractivity contribution in [3.63, 3.8) is 0 Å². The Hall–Kier alpha value is -1.22. The van der Waals surface area contributed by atoms with E-state index >= 15 is 0 Å². The molecule has 1 fully saturated rings. The molecule has 4 heteroatoms. The van der Waals surface area contributed by atoms with Crippen molar-refractivity contribution < 1.29 is 9.53 Å². The number of nitrogens with zero attached hydrogens (tertiary/aromatic N) is 1. The van der Waals surface area contributed by atoms with Crippen molar-refractivity contribution in [2.75, 3.05) is 13.2 Å². The summed E-state index contributed by atoms with van der Waals surface area (Å²) in [5.41, 5.74) is 1.07. The van der Waals surface area contributed by atoms with Gasteiger partial charge in [0.25, 0.3) is 5.91 Å². The number of ether oxygens (including phenoxy) is 1. The predicted octanol–water partition coefficient (Wildman–Crippen LogP) is 3.82. The number of rotatable bonds is 4. The minimum absolute atomic E-state index is 0.0640. The van der Waals surface area contributed by atoms with Gasteiger partial charge < -0.3 is 9.64 Å². The lowest BCUT2D eigenvalue weighted by Gasteiger charge is -2.35. The number of halogens is 1. The highest BCUT2D eigenvalue weighted by Gasteiger charge is 2.25. The number of carbonyl (C=O) groups excluding carboxylic acids is 1. The molecule has 1 atom stereocenters. The first-order valence-electron chi connectivity index (χ1n) is 7.30. The standard InChI is InChI=1S/C16H22ClNO2/c1-3-13-6-4-5-9-18(13)16(19)11-20-15-10-12(2)7-8-14(15)17/h7-8,10,13H,3-6,9,11H2,1-2H3. The summed E-state index contributed by atoms with van der Waals surface area (Å²) in [6.07, 6.45) is 4.42. The molecule has 0 N–H and O–H groups in total. The van der Waals surface area contributed by atoms with Gasteiger partial charge >= 0.3 is 0 Å². The fourth-order valence-electron chi connectivity index (χ4n) is 2.70. The van der Waals surface area contributed by atoms with Gasteiger partial charge in [0.2, 0.25) is 0 Å². The largest absolute Gasteiger partial charge is 0.482 e. The summed E-state index contributed by atoms with van der Waals surface area (Å²) in [5.74, 6) is 0.652. The van der Waals surface area contributed by atoms with Gasteiger partial charge in [-0.3, -0.25) is 4.79 Å². The average Bonchev–Trinajstić information content (AvgIpc) is 2.47. The molecule has 0 spiro atoms. The Balaban J connectivity index is 1.95. The summed E-state index contributed by atoms with van der Waals surface area (Å²) < 4.78 is 5.60. The smallest absolute Gasteiger partial charge is 0.260 e. The summed E-state index contributed by atoms with van der Waals surface area (Å²) >= 11 is 6.07. The first-order chi connectivity index (χ1) is 9.61. The van der Waals surface area contributed by atoms with Crippen molar-refractivity contribution in [2.45, 2.75) is 45.6 Å². The van der Waals surface area contributed by atoms with Crippen LogP contribution in [0.1, 0.15) is 38.2 Å². The Morgan fingerprint density at radius 1 is 1.45 bits per heavy atom. The normalized spacial score (nSPS) is 18.9. The van der Waals surface area contributed by atoms with Crippen molar-refractivity contribution in [1.82, 2.24) is 4.90 Å². The zero-order valence-corrected chi connectivity index (χ0v) is 12.9. The third-order valence-electron chi connectivity index (χ3n) is 3.86. The number of amides is 1. The van der Waals surface area contributed by atoms with Crippen LogP contribution in [-0.2, 0) is 4.79 Å². The SMILES string of the molecule is CCC1CCCCN1C(=O)COc1cc(C)ccc1Cl. The lowest BCUT2D eigenvalue weighted by molar-refractivity contribution is -0.137. The number of hydrogen-bond acceptors (Lipinski definition) is 2. The first-order valence-corrected chi connectivity index (χ1v) is 7.68. The first kappa shape index (κ1) is 15.2. The monoisotopic (exact) mass is 295 g/mol. The predicted molar refractivity (Wildman–Crippen MR) is 81.3 cm³/mol. The molecule has 1 heterocycles. The molecule has 1 saturated heterocycles. The highest BCUT2D eigenvalue weighted by molar-refractivity contribution is 6.32. The second kappa shape index (κ2) is 6.98. The molecule has 0 aliphatic carbocycles. The Bertz CT molecular complexity index is 476. The molecular weight excluding hydrogens is 274 g/mol. The van der Waals surface area contributed by atoms with Crippen molar-refractivity contribution in [2.24, 2.45) is 0 Å². The maximum atomic E-state index is 12.3. The third kappa shape index (κ3) is 3.66. The van der Waals surface area contributed by atoms with Crippen LogP contribution in [-0.4, -0.2) is 30.0 Å². The van der Waals surface area contributed by atoms with Crippen LogP contribution in [0.2, 0.25) is 5.02 Å². The molecule has 0 saturated carbocycles. The Labute approximate surface area is 125 Å². The molecule has 1 aliphatic heterocycles. The topological polar surface area (TPSA) is 29.5 Å². The van der Waals surface area contributed by atoms with Crippen LogP contribution in [0, 0.1) is 6.92 Å². The Morgan fingerprint density at radius 3 is 3.00 bits per heavy atom. The van der Waals surface area contributed by atoms with Crippen molar-refractivity contribution in [3.05, 3.63) is 28.8 Å². The van der Waals surface area contributed by atoms with Crippen LogP contribution in [0.3, 0.4) is 0 Å². The molecule has 1 aromatic carbocycles. The molecule has 0 radical (unpaired) electrons. The molecular formula is C16H22ClNO2. The van der Waals surface area contributed by atoms with Gasteiger partial charge in [-0.05, 0) is 50.3 Å². The number of aryl methyl sites for hydroxylation is 1. The van der Waals surface area contributed by atoms with Gasteiger partial charge in [0.1, 0.15) is 5.75 Å². The fraction of sp³-hybridized carbons (Fsp3) is 0.562. The van der Waals surface area contributed by atoms with Crippen LogP contribution in [0.5, 0.6) is 5.75 Å². The van der Waals surface area contributed by atoms with Crippen molar-refractivity contribution in [1.29, 1.82) is 0 Å². The summed E-state index contributed by atoms with van der Waals surface area (Å²) in [5, 5.41) is 0.550. The Morgan fingerprint density at radius 2 is 2.25 bits per heavy atom. The molecule has 1 aliphatic rings. The average molecular weight is 296 g/mol. The highest BCUT2D eigenvalue weighted by Crippen LogP contribution is 2.26. The molecule has 2 rings (SSSR count). The quantitative estimate of drug-likeness (QED) is 0.845. The lowest BCUT2D eigenvalue weighted by atomic mass is 10.00. The van der Waals surface area contributed by atoms with Crippen molar-refractivity contribution in [3.8, 4) is 5.75 Å². The van der Waals surface area contributed by atoms with E-state index in [2.05, 4.69) is 6.92 Å². The van der Waals surface area contributed by atoms with E-state index in [4.69, 9.17) is 16.3 Å². The minimum Gasteiger partial charge on any atom is -0.482 e. The van der Waals surface area contributed by atoms with Gasteiger partial charge in [-0.2, -0.15) is 0 Å². The van der Waals surface area contributed by atoms with Crippen LogP contribution in [0.25, 0.3) is 0 Å². The number of carbonyl (C=O) groups is 1. The third-order valence-corrected chi connectivity index (χ3v) is 4.17. The summed E-state index contributed by atoms with van der Waals surface area (Å²) in [6.45, 7) is 5.03. The van der Waals surface area contributed by atoms with E-state index in [1.54, 1.807) is 6.07 Å². The van der Waals surface area contributed by atoms with Gasteiger partial charge in [0.15, 0.2) is 6.61 Å². The maximum absolute atomic E-state index is 12.3. The van der Waals surface area contributed by atoms with Gasteiger partial charge in [-0.25, -0.2) is 0 Å². The van der Waals surface area contributed by atoms with Crippen LogP contribution in [0.15, 0.2) is 18.2 Å². The summed E-state index contributed by atoms with van der Waals surface area (Å²) in [7, 11) is 0. The van der Waals surface area contributed by atoms with E-state index in [1.165, 1.54) is 6.42 Å². The number of hydrogen-bond donors (Lipinski definition) is 0. The number of benzene rings is 1. The Kier molecular flexibility index (Phi) is 5.30. The number of piperidine rings is 1. The van der Waals surface area contributed by atoms with E-state index in [0.717, 1.165) is 31.4 Å². The fourth-order valence-corrected chi connectivity index (χ4v) is 2.87. The number of likely N-dealkylation sites (tertiary alicyclic amines) is 1. The molecule has 0 bridgehead atoms. The summed E-state index contributed by atoms with van der Waals surface area (Å²) in [6, 6.07) is 5.96. The minimum atomic E-state index is 0.0640. The van der Waals surface area contributed by atoms with Gasteiger partial charge in [0, 0.05) is 12.6 Å². The van der Waals surface area contributed by atoms with Gasteiger partial charge in [-0.15, -0.1) is 0 Å². The van der Waals surface area contributed by atoms with E-state index in [0.29, 0.717) is 16.8 Å². The lowest BCUT2D eigenvalue weighted by Crippen LogP contribution is -2.45. The molecule has 1 unspecified atom stereocenters. The van der Waals surface area contributed by atoms with E-state index in [9.17, 15) is 4.79 Å². The second-order valence-corrected chi connectivity index (χ2v) is 5.77. The molecule has 0 aromatic heterocycles.